The first-order valence-corrected chi connectivity index (χ1v) is 6.08. The number of carbonyl (C=O) groups is 2. The van der Waals surface area contributed by atoms with Gasteiger partial charge in [-0.2, -0.15) is 0 Å². The number of carboxylic acid groups (broad SMARTS) is 2. The lowest BCUT2D eigenvalue weighted by atomic mass is 9.95. The highest BCUT2D eigenvalue weighted by Crippen LogP contribution is 2.20. The first-order valence-electron chi connectivity index (χ1n) is 6.08. The maximum absolute atomic E-state index is 11.1. The first-order chi connectivity index (χ1) is 7.90. The molecule has 0 radical (unpaired) electrons. The Morgan fingerprint density at radius 3 is 1.88 bits per heavy atom. The third kappa shape index (κ3) is 6.09. The van der Waals surface area contributed by atoms with Crippen molar-refractivity contribution < 1.29 is 19.8 Å². The number of aliphatic carboxylic acids is 2. The van der Waals surface area contributed by atoms with Crippen molar-refractivity contribution in [2.75, 3.05) is 0 Å². The standard InChI is InChI=1S/C13H22O4/c1-4-5-6-7-10(12(14)15)11(13(16)17)8-9(2)3/h9H,4-8H2,1-3H3,(H,14,15)(H,16,17). The Labute approximate surface area is 102 Å². The van der Waals surface area contributed by atoms with Gasteiger partial charge in [0.15, 0.2) is 0 Å². The number of rotatable bonds is 8. The summed E-state index contributed by atoms with van der Waals surface area (Å²) in [6, 6.07) is 0. The Morgan fingerprint density at radius 2 is 1.53 bits per heavy atom. The first kappa shape index (κ1) is 15.7. The lowest BCUT2D eigenvalue weighted by Crippen LogP contribution is -2.13. The van der Waals surface area contributed by atoms with Gasteiger partial charge in [0, 0.05) is 11.1 Å². The van der Waals surface area contributed by atoms with Crippen LogP contribution in [-0.4, -0.2) is 22.2 Å². The van der Waals surface area contributed by atoms with E-state index in [4.69, 9.17) is 10.2 Å². The van der Waals surface area contributed by atoms with Crippen molar-refractivity contribution in [1.82, 2.24) is 0 Å². The van der Waals surface area contributed by atoms with Crippen molar-refractivity contribution in [1.29, 1.82) is 0 Å². The van der Waals surface area contributed by atoms with E-state index in [-0.39, 0.29) is 17.1 Å². The fourth-order valence-electron chi connectivity index (χ4n) is 1.69. The quantitative estimate of drug-likeness (QED) is 0.506. The minimum atomic E-state index is -1.10. The van der Waals surface area contributed by atoms with E-state index in [0.29, 0.717) is 12.8 Å². The molecule has 98 valence electrons. The zero-order valence-electron chi connectivity index (χ0n) is 10.8. The van der Waals surface area contributed by atoms with Crippen molar-refractivity contribution in [2.45, 2.75) is 52.9 Å². The van der Waals surface area contributed by atoms with E-state index in [2.05, 4.69) is 0 Å². The van der Waals surface area contributed by atoms with E-state index < -0.39 is 11.9 Å². The second-order valence-electron chi connectivity index (χ2n) is 4.62. The topological polar surface area (TPSA) is 74.6 Å². The minimum Gasteiger partial charge on any atom is -0.478 e. The summed E-state index contributed by atoms with van der Waals surface area (Å²) in [5.41, 5.74) is 0.128. The van der Waals surface area contributed by atoms with Gasteiger partial charge in [-0.05, 0) is 25.2 Å². The van der Waals surface area contributed by atoms with Crippen LogP contribution in [0.25, 0.3) is 0 Å². The molecule has 0 saturated heterocycles. The van der Waals surface area contributed by atoms with E-state index >= 15 is 0 Å². The van der Waals surface area contributed by atoms with Gasteiger partial charge in [-0.15, -0.1) is 0 Å². The highest BCUT2D eigenvalue weighted by molar-refractivity contribution is 5.98. The van der Waals surface area contributed by atoms with Gasteiger partial charge in [-0.3, -0.25) is 0 Å². The molecule has 4 heteroatoms. The number of unbranched alkanes of at least 4 members (excludes halogenated alkanes) is 2. The van der Waals surface area contributed by atoms with Crippen LogP contribution in [0, 0.1) is 5.92 Å². The molecule has 0 heterocycles. The fourth-order valence-corrected chi connectivity index (χ4v) is 1.69. The van der Waals surface area contributed by atoms with Crippen LogP contribution >= 0.6 is 0 Å². The molecule has 0 fully saturated rings. The zero-order chi connectivity index (χ0) is 13.4. The molecule has 0 unspecified atom stereocenters. The maximum atomic E-state index is 11.1. The smallest absolute Gasteiger partial charge is 0.332 e. The molecule has 0 aromatic heterocycles. The molecule has 4 nitrogen and oxygen atoms in total. The fraction of sp³-hybridized carbons (Fsp3) is 0.692. The van der Waals surface area contributed by atoms with Crippen LogP contribution in [0.15, 0.2) is 11.1 Å². The number of hydrogen-bond acceptors (Lipinski definition) is 2. The second-order valence-corrected chi connectivity index (χ2v) is 4.62. The summed E-state index contributed by atoms with van der Waals surface area (Å²) in [7, 11) is 0. The van der Waals surface area contributed by atoms with E-state index in [9.17, 15) is 9.59 Å². The SMILES string of the molecule is CCCCCC(C(=O)O)=C(CC(C)C)C(=O)O. The molecule has 2 N–H and O–H groups in total. The Hall–Kier alpha value is -1.32. The van der Waals surface area contributed by atoms with Crippen LogP contribution in [0.5, 0.6) is 0 Å². The maximum Gasteiger partial charge on any atom is 0.332 e. The van der Waals surface area contributed by atoms with Crippen LogP contribution in [0.1, 0.15) is 52.9 Å². The Kier molecular flexibility index (Phi) is 7.26. The molecule has 0 aromatic carbocycles. The summed E-state index contributed by atoms with van der Waals surface area (Å²) in [4.78, 5) is 22.2. The van der Waals surface area contributed by atoms with Gasteiger partial charge in [0.25, 0.3) is 0 Å². The van der Waals surface area contributed by atoms with Gasteiger partial charge < -0.3 is 10.2 Å². The average molecular weight is 242 g/mol. The summed E-state index contributed by atoms with van der Waals surface area (Å²) < 4.78 is 0. The highest BCUT2D eigenvalue weighted by Gasteiger charge is 2.20. The molecule has 0 aliphatic carbocycles. The van der Waals surface area contributed by atoms with Gasteiger partial charge in [-0.1, -0.05) is 33.6 Å². The lowest BCUT2D eigenvalue weighted by molar-refractivity contribution is -0.136. The number of hydrogen-bond donors (Lipinski definition) is 2. The summed E-state index contributed by atoms with van der Waals surface area (Å²) in [5, 5.41) is 18.2. The van der Waals surface area contributed by atoms with Crippen LogP contribution < -0.4 is 0 Å². The van der Waals surface area contributed by atoms with Gasteiger partial charge in [-0.25, -0.2) is 9.59 Å². The monoisotopic (exact) mass is 242 g/mol. The van der Waals surface area contributed by atoms with Crippen molar-refractivity contribution in [3.63, 3.8) is 0 Å². The zero-order valence-corrected chi connectivity index (χ0v) is 10.8. The van der Waals surface area contributed by atoms with Gasteiger partial charge in [0.2, 0.25) is 0 Å². The van der Waals surface area contributed by atoms with Crippen LogP contribution in [0.3, 0.4) is 0 Å². The molecule has 0 spiro atoms. The van der Waals surface area contributed by atoms with Crippen molar-refractivity contribution in [3.05, 3.63) is 11.1 Å². The van der Waals surface area contributed by atoms with E-state index in [1.165, 1.54) is 0 Å². The molecule has 17 heavy (non-hydrogen) atoms. The van der Waals surface area contributed by atoms with Crippen LogP contribution in [0.2, 0.25) is 0 Å². The molecule has 0 rings (SSSR count). The van der Waals surface area contributed by atoms with Gasteiger partial charge in [0.1, 0.15) is 0 Å². The van der Waals surface area contributed by atoms with Gasteiger partial charge in [0.05, 0.1) is 0 Å². The molecular formula is C13H22O4. The van der Waals surface area contributed by atoms with Crippen LogP contribution in [0.4, 0.5) is 0 Å². The molecule has 0 bridgehead atoms. The highest BCUT2D eigenvalue weighted by atomic mass is 16.4. The average Bonchev–Trinajstić information content (AvgIpc) is 2.20. The second kappa shape index (κ2) is 7.87. The van der Waals surface area contributed by atoms with E-state index in [0.717, 1.165) is 19.3 Å². The third-order valence-corrected chi connectivity index (χ3v) is 2.52. The van der Waals surface area contributed by atoms with E-state index in [1.54, 1.807) is 0 Å². The van der Waals surface area contributed by atoms with Crippen molar-refractivity contribution in [3.8, 4) is 0 Å². The van der Waals surface area contributed by atoms with Gasteiger partial charge >= 0.3 is 11.9 Å². The normalized spacial score (nSPS) is 12.5. The van der Waals surface area contributed by atoms with Crippen LogP contribution in [-0.2, 0) is 9.59 Å². The summed E-state index contributed by atoms with van der Waals surface area (Å²) in [6.07, 6.45) is 3.29. The molecule has 0 aliphatic rings. The third-order valence-electron chi connectivity index (χ3n) is 2.52. The largest absolute Gasteiger partial charge is 0.478 e. The summed E-state index contributed by atoms with van der Waals surface area (Å²) in [6.45, 7) is 5.79. The molecule has 0 aromatic rings. The molecule has 0 aliphatic heterocycles. The van der Waals surface area contributed by atoms with Crippen molar-refractivity contribution >= 4 is 11.9 Å². The summed E-state index contributed by atoms with van der Waals surface area (Å²) in [5.74, 6) is -2.06. The lowest BCUT2D eigenvalue weighted by Gasteiger charge is -2.10. The molecule has 0 saturated carbocycles. The summed E-state index contributed by atoms with van der Waals surface area (Å²) >= 11 is 0. The predicted molar refractivity (Wildman–Crippen MR) is 65.9 cm³/mol. The Morgan fingerprint density at radius 1 is 1.00 bits per heavy atom. The number of carboxylic acids is 2. The predicted octanol–water partition coefficient (Wildman–Crippen LogP) is 3.08. The van der Waals surface area contributed by atoms with Crippen molar-refractivity contribution in [2.24, 2.45) is 5.92 Å². The Balaban J connectivity index is 4.99. The Bertz CT molecular complexity index is 303. The molecule has 0 atom stereocenters. The molecular weight excluding hydrogens is 220 g/mol. The minimum absolute atomic E-state index is 0.0589. The van der Waals surface area contributed by atoms with E-state index in [1.807, 2.05) is 20.8 Å². The molecule has 0 amide bonds.